The molecule has 0 saturated heterocycles. The quantitative estimate of drug-likeness (QED) is 0.867. The molecule has 2 heterocycles. The van der Waals surface area contributed by atoms with Crippen LogP contribution in [0.5, 0.6) is 0 Å². The lowest BCUT2D eigenvalue weighted by Crippen LogP contribution is -2.17. The number of aromatic nitrogens is 2. The van der Waals surface area contributed by atoms with Crippen LogP contribution < -0.4 is 5.73 Å². The predicted molar refractivity (Wildman–Crippen MR) is 72.5 cm³/mol. The minimum absolute atomic E-state index is 0.0769. The van der Waals surface area contributed by atoms with Crippen LogP contribution in [0.1, 0.15) is 22.2 Å². The standard InChI is InChI=1S/C13H17N3OS/c1-10-13(18-9-16-10)4-6-17-12(7-14)11-3-2-5-15-8-11/h2-3,5,8-9,12H,4,6-7,14H2,1H3. The number of thiazole rings is 1. The first-order valence-electron chi connectivity index (χ1n) is 5.92. The molecule has 0 fully saturated rings. The van der Waals surface area contributed by atoms with Crippen LogP contribution in [0, 0.1) is 6.92 Å². The van der Waals surface area contributed by atoms with Gasteiger partial charge >= 0.3 is 0 Å². The van der Waals surface area contributed by atoms with Gasteiger partial charge in [-0.3, -0.25) is 4.98 Å². The number of hydrogen-bond acceptors (Lipinski definition) is 5. The average Bonchev–Trinajstić information content (AvgIpc) is 2.81. The van der Waals surface area contributed by atoms with Crippen LogP contribution in [0.25, 0.3) is 0 Å². The van der Waals surface area contributed by atoms with Crippen LogP contribution in [0.2, 0.25) is 0 Å². The Hall–Kier alpha value is -1.30. The maximum atomic E-state index is 5.82. The molecule has 0 aliphatic carbocycles. The average molecular weight is 263 g/mol. The molecular formula is C13H17N3OS. The SMILES string of the molecule is Cc1ncsc1CCOC(CN)c1cccnc1. The lowest BCUT2D eigenvalue weighted by Gasteiger charge is -2.15. The minimum atomic E-state index is -0.0769. The first-order chi connectivity index (χ1) is 8.81. The monoisotopic (exact) mass is 263 g/mol. The molecule has 0 aromatic carbocycles. The predicted octanol–water partition coefficient (Wildman–Crippen LogP) is 2.11. The van der Waals surface area contributed by atoms with E-state index < -0.39 is 0 Å². The Labute approximate surface area is 111 Å². The number of ether oxygens (including phenoxy) is 1. The van der Waals surface area contributed by atoms with Gasteiger partial charge in [-0.1, -0.05) is 6.07 Å². The highest BCUT2D eigenvalue weighted by molar-refractivity contribution is 7.09. The summed E-state index contributed by atoms with van der Waals surface area (Å²) in [4.78, 5) is 9.58. The zero-order valence-corrected chi connectivity index (χ0v) is 11.2. The molecule has 4 nitrogen and oxygen atoms in total. The second-order valence-corrected chi connectivity index (χ2v) is 4.93. The van der Waals surface area contributed by atoms with Gasteiger partial charge in [-0.05, 0) is 13.0 Å². The Morgan fingerprint density at radius 2 is 2.39 bits per heavy atom. The topological polar surface area (TPSA) is 61.0 Å². The van der Waals surface area contributed by atoms with E-state index in [4.69, 9.17) is 10.5 Å². The summed E-state index contributed by atoms with van der Waals surface area (Å²) >= 11 is 1.67. The number of aryl methyl sites for hydroxylation is 1. The summed E-state index contributed by atoms with van der Waals surface area (Å²) < 4.78 is 5.82. The van der Waals surface area contributed by atoms with Gasteiger partial charge in [0.05, 0.1) is 23.9 Å². The third kappa shape index (κ3) is 3.35. The van der Waals surface area contributed by atoms with Gasteiger partial charge in [0, 0.05) is 35.8 Å². The van der Waals surface area contributed by atoms with Crippen molar-refractivity contribution < 1.29 is 4.74 Å². The van der Waals surface area contributed by atoms with Crippen LogP contribution in [0.4, 0.5) is 0 Å². The lowest BCUT2D eigenvalue weighted by molar-refractivity contribution is 0.0609. The summed E-state index contributed by atoms with van der Waals surface area (Å²) in [5, 5.41) is 0. The van der Waals surface area contributed by atoms with Crippen molar-refractivity contribution >= 4 is 11.3 Å². The number of nitrogens with zero attached hydrogens (tertiary/aromatic N) is 2. The summed E-state index contributed by atoms with van der Waals surface area (Å²) in [6.07, 6.45) is 4.35. The molecular weight excluding hydrogens is 246 g/mol. The van der Waals surface area contributed by atoms with Crippen LogP contribution in [-0.2, 0) is 11.2 Å². The van der Waals surface area contributed by atoms with Crippen LogP contribution in [-0.4, -0.2) is 23.1 Å². The molecule has 2 N–H and O–H groups in total. The van der Waals surface area contributed by atoms with E-state index in [0.717, 1.165) is 17.7 Å². The molecule has 0 aliphatic heterocycles. The fraction of sp³-hybridized carbons (Fsp3) is 0.385. The van der Waals surface area contributed by atoms with Gasteiger partial charge in [0.25, 0.3) is 0 Å². The Bertz CT molecular complexity index is 472. The van der Waals surface area contributed by atoms with Crippen molar-refractivity contribution in [3.05, 3.63) is 46.2 Å². The number of hydrogen-bond donors (Lipinski definition) is 1. The van der Waals surface area contributed by atoms with E-state index in [1.54, 1.807) is 23.7 Å². The molecule has 96 valence electrons. The van der Waals surface area contributed by atoms with Crippen molar-refractivity contribution in [1.29, 1.82) is 0 Å². The molecule has 0 amide bonds. The third-order valence-corrected chi connectivity index (χ3v) is 3.76. The highest BCUT2D eigenvalue weighted by atomic mass is 32.1. The lowest BCUT2D eigenvalue weighted by atomic mass is 10.1. The Morgan fingerprint density at radius 3 is 3.00 bits per heavy atom. The van der Waals surface area contributed by atoms with Gasteiger partial charge in [0.15, 0.2) is 0 Å². The second-order valence-electron chi connectivity index (χ2n) is 3.99. The molecule has 5 heteroatoms. The van der Waals surface area contributed by atoms with E-state index in [1.165, 1.54) is 4.88 Å². The number of pyridine rings is 1. The van der Waals surface area contributed by atoms with Gasteiger partial charge < -0.3 is 10.5 Å². The molecule has 2 aromatic heterocycles. The van der Waals surface area contributed by atoms with Crippen molar-refractivity contribution in [2.45, 2.75) is 19.4 Å². The van der Waals surface area contributed by atoms with Crippen molar-refractivity contribution in [2.24, 2.45) is 5.73 Å². The van der Waals surface area contributed by atoms with Crippen LogP contribution in [0.3, 0.4) is 0 Å². The Kier molecular flexibility index (Phi) is 4.81. The first-order valence-corrected chi connectivity index (χ1v) is 6.79. The molecule has 0 saturated carbocycles. The zero-order chi connectivity index (χ0) is 12.8. The van der Waals surface area contributed by atoms with E-state index in [-0.39, 0.29) is 6.10 Å². The molecule has 0 spiro atoms. The molecule has 0 radical (unpaired) electrons. The molecule has 2 aromatic rings. The molecule has 0 aliphatic rings. The summed E-state index contributed by atoms with van der Waals surface area (Å²) in [7, 11) is 0. The van der Waals surface area contributed by atoms with Crippen molar-refractivity contribution in [1.82, 2.24) is 9.97 Å². The summed E-state index contributed by atoms with van der Waals surface area (Å²) in [6, 6.07) is 3.89. The zero-order valence-electron chi connectivity index (χ0n) is 10.4. The Balaban J connectivity index is 1.87. The van der Waals surface area contributed by atoms with E-state index in [2.05, 4.69) is 9.97 Å². The highest BCUT2D eigenvalue weighted by Crippen LogP contribution is 2.17. The van der Waals surface area contributed by atoms with Gasteiger partial charge in [0.2, 0.25) is 0 Å². The molecule has 2 rings (SSSR count). The second kappa shape index (κ2) is 6.58. The van der Waals surface area contributed by atoms with Crippen LogP contribution in [0.15, 0.2) is 30.0 Å². The largest absolute Gasteiger partial charge is 0.372 e. The van der Waals surface area contributed by atoms with E-state index in [0.29, 0.717) is 13.2 Å². The van der Waals surface area contributed by atoms with Crippen molar-refractivity contribution in [3.8, 4) is 0 Å². The van der Waals surface area contributed by atoms with Crippen molar-refractivity contribution in [2.75, 3.05) is 13.2 Å². The van der Waals surface area contributed by atoms with Gasteiger partial charge in [-0.2, -0.15) is 0 Å². The van der Waals surface area contributed by atoms with E-state index in [9.17, 15) is 0 Å². The maximum Gasteiger partial charge on any atom is 0.0962 e. The normalized spacial score (nSPS) is 12.6. The molecule has 1 atom stereocenters. The Morgan fingerprint density at radius 1 is 1.50 bits per heavy atom. The van der Waals surface area contributed by atoms with E-state index in [1.807, 2.05) is 24.6 Å². The maximum absolute atomic E-state index is 5.82. The summed E-state index contributed by atoms with van der Waals surface area (Å²) in [6.45, 7) is 3.14. The smallest absolute Gasteiger partial charge is 0.0962 e. The summed E-state index contributed by atoms with van der Waals surface area (Å²) in [5.74, 6) is 0. The molecule has 1 unspecified atom stereocenters. The molecule has 0 bridgehead atoms. The van der Waals surface area contributed by atoms with Crippen LogP contribution >= 0.6 is 11.3 Å². The molecule has 18 heavy (non-hydrogen) atoms. The third-order valence-electron chi connectivity index (χ3n) is 2.76. The van der Waals surface area contributed by atoms with Gasteiger partial charge in [0.1, 0.15) is 0 Å². The first kappa shape index (κ1) is 13.1. The minimum Gasteiger partial charge on any atom is -0.372 e. The summed E-state index contributed by atoms with van der Waals surface area (Å²) in [5.41, 5.74) is 9.72. The van der Waals surface area contributed by atoms with E-state index >= 15 is 0 Å². The fourth-order valence-electron chi connectivity index (χ4n) is 1.73. The fourth-order valence-corrected chi connectivity index (χ4v) is 2.49. The van der Waals surface area contributed by atoms with Gasteiger partial charge in [-0.15, -0.1) is 11.3 Å². The number of rotatable bonds is 6. The van der Waals surface area contributed by atoms with Crippen molar-refractivity contribution in [3.63, 3.8) is 0 Å². The highest BCUT2D eigenvalue weighted by Gasteiger charge is 2.10. The number of nitrogens with two attached hydrogens (primary N) is 1. The van der Waals surface area contributed by atoms with Gasteiger partial charge in [-0.25, -0.2) is 4.98 Å².